The number of anilines is 1. The number of aromatic nitrogens is 1. The lowest BCUT2D eigenvalue weighted by Gasteiger charge is -2.27. The predicted octanol–water partition coefficient (Wildman–Crippen LogP) is 4.29. The molecule has 190 valence electrons. The molecule has 3 atom stereocenters. The number of pyridine rings is 1. The average Bonchev–Trinajstić information content (AvgIpc) is 3.77. The zero-order valence-electron chi connectivity index (χ0n) is 21.0. The molecule has 2 aliphatic rings. The molecule has 37 heavy (non-hydrogen) atoms. The van der Waals surface area contributed by atoms with Crippen molar-refractivity contribution in [3.63, 3.8) is 0 Å². The largest absolute Gasteiger partial charge is 0.392 e. The molecular formula is C30H33N4O3+. The standard InChI is InChI=1S/C30H33N4O3/c1-33-27-13-6-5-11-23(27)25(26-12-7-8-18-32-26)20-30(31,34(33)37)29(36)24(19-22-14-15-22)28(35)17-16-21-9-3-2-4-10-21/h2-13,18,20,22,24,28,35H,14-17,19,31H2,1H3/q+1/t24-,28+,30?/m1/s1. The van der Waals surface area contributed by atoms with E-state index in [1.807, 2.05) is 72.8 Å². The van der Waals surface area contributed by atoms with Gasteiger partial charge in [-0.25, -0.2) is 0 Å². The number of carbonyl (C=O) groups is 1. The zero-order chi connectivity index (χ0) is 26.0. The minimum absolute atomic E-state index is 0.365. The van der Waals surface area contributed by atoms with Gasteiger partial charge in [0.05, 0.1) is 29.7 Å². The SMILES string of the molecule is CN1c2ccccc2C(c2ccccn2)=CC(N)(C(=O)[C@H](CC2CC2)[C@@H](O)CCc2ccccc2)[N+]1=O. The number of Topliss-reactive ketones (excluding diaryl/α,β-unsaturated/α-hetero) is 1. The first-order valence-corrected chi connectivity index (χ1v) is 12.9. The van der Waals surface area contributed by atoms with Crippen molar-refractivity contribution in [3.8, 4) is 0 Å². The second-order valence-electron chi connectivity index (χ2n) is 10.2. The van der Waals surface area contributed by atoms with Gasteiger partial charge in [-0.05, 0) is 48.9 Å². The Hall–Kier alpha value is -3.68. The fourth-order valence-electron chi connectivity index (χ4n) is 5.19. The molecule has 0 radical (unpaired) electrons. The fourth-order valence-corrected chi connectivity index (χ4v) is 5.19. The third-order valence-corrected chi connectivity index (χ3v) is 7.49. The van der Waals surface area contributed by atoms with E-state index in [0.717, 1.165) is 24.0 Å². The van der Waals surface area contributed by atoms with Crippen LogP contribution < -0.4 is 10.7 Å². The van der Waals surface area contributed by atoms with Crippen LogP contribution in [0.3, 0.4) is 0 Å². The van der Waals surface area contributed by atoms with Crippen LogP contribution in [0.15, 0.2) is 85.1 Å². The molecule has 2 aromatic carbocycles. The molecule has 7 nitrogen and oxygen atoms in total. The molecule has 1 aliphatic heterocycles. The van der Waals surface area contributed by atoms with Gasteiger partial charge in [-0.2, -0.15) is 0 Å². The molecule has 5 rings (SSSR count). The number of benzene rings is 2. The van der Waals surface area contributed by atoms with Gasteiger partial charge in [-0.1, -0.05) is 67.4 Å². The minimum atomic E-state index is -2.02. The first kappa shape index (κ1) is 25.0. The van der Waals surface area contributed by atoms with E-state index in [1.165, 1.54) is 11.1 Å². The minimum Gasteiger partial charge on any atom is -0.392 e. The lowest BCUT2D eigenvalue weighted by Crippen LogP contribution is -2.62. The van der Waals surface area contributed by atoms with Gasteiger partial charge in [-0.3, -0.25) is 15.5 Å². The van der Waals surface area contributed by atoms with Crippen molar-refractivity contribution in [2.75, 3.05) is 12.1 Å². The van der Waals surface area contributed by atoms with E-state index >= 15 is 0 Å². The van der Waals surface area contributed by atoms with Crippen molar-refractivity contribution in [1.82, 2.24) is 4.98 Å². The number of nitroso groups, excluding NO2 is 1. The van der Waals surface area contributed by atoms with Crippen LogP contribution in [0.4, 0.5) is 5.69 Å². The molecule has 1 aliphatic carbocycles. The first-order chi connectivity index (χ1) is 17.9. The molecular weight excluding hydrogens is 464 g/mol. The summed E-state index contributed by atoms with van der Waals surface area (Å²) in [5.41, 5.74) is 8.47. The monoisotopic (exact) mass is 497 g/mol. The number of rotatable bonds is 9. The molecule has 0 saturated heterocycles. The fraction of sp³-hybridized carbons (Fsp3) is 0.333. The summed E-state index contributed by atoms with van der Waals surface area (Å²) in [5.74, 6) is -0.861. The summed E-state index contributed by atoms with van der Waals surface area (Å²) in [6.07, 6.45) is 5.91. The Balaban J connectivity index is 1.53. The number of hydrazine groups is 1. The first-order valence-electron chi connectivity index (χ1n) is 12.9. The van der Waals surface area contributed by atoms with Crippen molar-refractivity contribution in [3.05, 3.63) is 107 Å². The maximum atomic E-state index is 14.3. The Morgan fingerprint density at radius 3 is 2.51 bits per heavy atom. The number of hydrogen-bond donors (Lipinski definition) is 2. The Morgan fingerprint density at radius 2 is 1.81 bits per heavy atom. The molecule has 3 aromatic rings. The van der Waals surface area contributed by atoms with Crippen LogP contribution in [0.2, 0.25) is 0 Å². The second kappa shape index (κ2) is 10.4. The van der Waals surface area contributed by atoms with Gasteiger partial charge >= 0.3 is 5.66 Å². The van der Waals surface area contributed by atoms with E-state index < -0.39 is 23.5 Å². The molecule has 1 saturated carbocycles. The van der Waals surface area contributed by atoms with E-state index in [2.05, 4.69) is 4.98 Å². The van der Waals surface area contributed by atoms with Gasteiger partial charge in [0, 0.05) is 23.4 Å². The Kier molecular flexibility index (Phi) is 7.00. The Morgan fingerprint density at radius 1 is 1.11 bits per heavy atom. The maximum Gasteiger partial charge on any atom is 0.373 e. The van der Waals surface area contributed by atoms with Crippen LogP contribution in [-0.4, -0.2) is 39.6 Å². The molecule has 0 bridgehead atoms. The number of fused-ring (bicyclic) bond motifs is 1. The number of para-hydroxylation sites is 1. The number of hydrogen-bond acceptors (Lipinski definition) is 5. The highest BCUT2D eigenvalue weighted by molar-refractivity contribution is 5.96. The topological polar surface area (TPSA) is 99.5 Å². The Bertz CT molecular complexity index is 1310. The molecule has 3 N–H and O–H groups in total. The third-order valence-electron chi connectivity index (χ3n) is 7.49. The van der Waals surface area contributed by atoms with Crippen molar-refractivity contribution in [1.29, 1.82) is 0 Å². The number of aliphatic hydroxyl groups is 1. The van der Waals surface area contributed by atoms with E-state index in [1.54, 1.807) is 13.2 Å². The van der Waals surface area contributed by atoms with Crippen LogP contribution in [-0.2, 0) is 11.2 Å². The number of aryl methyl sites for hydroxylation is 1. The molecule has 1 aromatic heterocycles. The molecule has 1 fully saturated rings. The van der Waals surface area contributed by atoms with E-state index in [4.69, 9.17) is 5.73 Å². The van der Waals surface area contributed by atoms with Crippen LogP contribution in [0.25, 0.3) is 5.57 Å². The van der Waals surface area contributed by atoms with Crippen LogP contribution in [0.1, 0.15) is 42.5 Å². The third kappa shape index (κ3) is 5.10. The summed E-state index contributed by atoms with van der Waals surface area (Å²) < 4.78 is 0. The number of aliphatic hydroxyl groups excluding tert-OH is 1. The van der Waals surface area contributed by atoms with Gasteiger partial charge in [0.25, 0.3) is 0 Å². The lowest BCUT2D eigenvalue weighted by atomic mass is 9.82. The molecule has 1 unspecified atom stereocenters. The number of nitrogens with two attached hydrogens (primary N) is 1. The predicted molar refractivity (Wildman–Crippen MR) is 143 cm³/mol. The summed E-state index contributed by atoms with van der Waals surface area (Å²) in [7, 11) is 1.61. The second-order valence-corrected chi connectivity index (χ2v) is 10.2. The number of carbonyl (C=O) groups excluding carboxylic acids is 1. The molecule has 7 heteroatoms. The highest BCUT2D eigenvalue weighted by Gasteiger charge is 2.57. The van der Waals surface area contributed by atoms with Gasteiger partial charge in [0.1, 0.15) is 5.69 Å². The summed E-state index contributed by atoms with van der Waals surface area (Å²) >= 11 is 0. The van der Waals surface area contributed by atoms with Crippen molar-refractivity contribution in [2.45, 2.75) is 43.9 Å². The van der Waals surface area contributed by atoms with E-state index in [0.29, 0.717) is 47.0 Å². The van der Waals surface area contributed by atoms with Crippen molar-refractivity contribution < 1.29 is 14.8 Å². The normalized spacial score (nSPS) is 21.0. The summed E-state index contributed by atoms with van der Waals surface area (Å²) in [6.45, 7) is 0. The summed E-state index contributed by atoms with van der Waals surface area (Å²) in [5, 5.41) is 12.7. The maximum absolute atomic E-state index is 14.3. The number of ketones is 1. The van der Waals surface area contributed by atoms with Crippen molar-refractivity contribution >= 4 is 17.0 Å². The molecule has 0 spiro atoms. The highest BCUT2D eigenvalue weighted by Crippen LogP contribution is 2.41. The summed E-state index contributed by atoms with van der Waals surface area (Å²) in [4.78, 5) is 33.1. The van der Waals surface area contributed by atoms with Gasteiger partial charge < -0.3 is 5.11 Å². The average molecular weight is 498 g/mol. The van der Waals surface area contributed by atoms with Crippen LogP contribution >= 0.6 is 0 Å². The highest BCUT2D eigenvalue weighted by atomic mass is 16.3. The quantitative estimate of drug-likeness (QED) is 0.428. The van der Waals surface area contributed by atoms with Gasteiger partial charge in [0.2, 0.25) is 5.78 Å². The smallest absolute Gasteiger partial charge is 0.373 e. The van der Waals surface area contributed by atoms with Crippen LogP contribution in [0.5, 0.6) is 0 Å². The molecule has 0 amide bonds. The zero-order valence-corrected chi connectivity index (χ0v) is 21.0. The van der Waals surface area contributed by atoms with Gasteiger partial charge in [-0.15, -0.1) is 5.01 Å². The van der Waals surface area contributed by atoms with E-state index in [-0.39, 0.29) is 0 Å². The Labute approximate surface area is 217 Å². The summed E-state index contributed by atoms with van der Waals surface area (Å²) in [6, 6.07) is 22.8. The lowest BCUT2D eigenvalue weighted by molar-refractivity contribution is -0.607. The van der Waals surface area contributed by atoms with E-state index in [9.17, 15) is 14.8 Å². The van der Waals surface area contributed by atoms with Crippen LogP contribution in [0, 0.1) is 16.7 Å². The molecule has 2 heterocycles. The van der Waals surface area contributed by atoms with Gasteiger partial charge in [0.15, 0.2) is 4.87 Å². The van der Waals surface area contributed by atoms with Crippen molar-refractivity contribution in [2.24, 2.45) is 17.6 Å². The number of nitrogens with zero attached hydrogens (tertiary/aromatic N) is 3.